The van der Waals surface area contributed by atoms with Crippen molar-refractivity contribution in [1.29, 1.82) is 0 Å². The molecule has 5 rings (SSSR count). The highest BCUT2D eigenvalue weighted by molar-refractivity contribution is 6.30. The summed E-state index contributed by atoms with van der Waals surface area (Å²) in [6, 6.07) is 6.24. The second-order valence-corrected chi connectivity index (χ2v) is 12.1. The van der Waals surface area contributed by atoms with Crippen molar-refractivity contribution in [2.45, 2.75) is 70.9 Å². The second-order valence-electron chi connectivity index (χ2n) is 11.7. The van der Waals surface area contributed by atoms with Crippen LogP contribution in [0.5, 0.6) is 0 Å². The lowest BCUT2D eigenvalue weighted by Crippen LogP contribution is -2.40. The number of hydrogen-bond donors (Lipinski definition) is 3. The molecule has 2 aliphatic rings. The van der Waals surface area contributed by atoms with Crippen LogP contribution in [-0.2, 0) is 14.3 Å². The Hall–Kier alpha value is -4.12. The quantitative estimate of drug-likeness (QED) is 0.253. The van der Waals surface area contributed by atoms with Crippen molar-refractivity contribution < 1.29 is 28.3 Å². The molecule has 4 N–H and O–H groups in total. The highest BCUT2D eigenvalue weighted by Gasteiger charge is 2.35. The Kier molecular flexibility index (Phi) is 8.14. The molecule has 1 saturated heterocycles. The summed E-state index contributed by atoms with van der Waals surface area (Å²) in [5.74, 6) is -1.93. The lowest BCUT2D eigenvalue weighted by Gasteiger charge is -2.34. The van der Waals surface area contributed by atoms with E-state index < -0.39 is 17.5 Å². The monoisotopic (exact) mass is 595 g/mol. The van der Waals surface area contributed by atoms with Gasteiger partial charge < -0.3 is 30.4 Å². The van der Waals surface area contributed by atoms with Gasteiger partial charge in [-0.3, -0.25) is 14.4 Å². The number of nitrogens with zero attached hydrogens (tertiary/aromatic N) is 2. The van der Waals surface area contributed by atoms with E-state index in [0.717, 1.165) is 13.0 Å². The van der Waals surface area contributed by atoms with Crippen LogP contribution in [0.3, 0.4) is 0 Å². The van der Waals surface area contributed by atoms with E-state index in [4.69, 9.17) is 26.5 Å². The van der Waals surface area contributed by atoms with E-state index in [1.54, 1.807) is 26.8 Å². The van der Waals surface area contributed by atoms with Crippen LogP contribution < -0.4 is 16.4 Å². The predicted molar refractivity (Wildman–Crippen MR) is 158 cm³/mol. The first-order chi connectivity index (χ1) is 19.9. The van der Waals surface area contributed by atoms with E-state index >= 15 is 0 Å². The highest BCUT2D eigenvalue weighted by Crippen LogP contribution is 2.39. The molecule has 0 atom stereocenters. The van der Waals surface area contributed by atoms with E-state index in [2.05, 4.69) is 15.6 Å². The largest absolute Gasteiger partial charge is 0.456 e. The molecule has 12 heteroatoms. The summed E-state index contributed by atoms with van der Waals surface area (Å²) in [7, 11) is 0. The zero-order valence-corrected chi connectivity index (χ0v) is 24.5. The number of anilines is 3. The van der Waals surface area contributed by atoms with E-state index in [-0.39, 0.29) is 63.3 Å². The number of amides is 3. The van der Waals surface area contributed by atoms with Gasteiger partial charge in [0.05, 0.1) is 16.0 Å². The minimum Gasteiger partial charge on any atom is -0.456 e. The number of esters is 1. The number of benzene rings is 1. The Labute approximate surface area is 248 Å². The fourth-order valence-corrected chi connectivity index (χ4v) is 5.70. The molecule has 3 heterocycles. The maximum Gasteiger partial charge on any atom is 0.341 e. The van der Waals surface area contributed by atoms with Crippen molar-refractivity contribution in [3.05, 3.63) is 46.8 Å². The van der Waals surface area contributed by atoms with Crippen LogP contribution in [0.25, 0.3) is 11.0 Å². The number of nitrogen functional groups attached to an aromatic ring is 1. The van der Waals surface area contributed by atoms with E-state index in [9.17, 15) is 19.2 Å². The number of ether oxygens (including phenoxy) is 1. The van der Waals surface area contributed by atoms with Gasteiger partial charge >= 0.3 is 5.97 Å². The van der Waals surface area contributed by atoms with Gasteiger partial charge in [0.25, 0.3) is 5.91 Å². The Bertz CT molecular complexity index is 1540. The SMILES string of the molecule is CC(C)(C)OC(=O)c1c(N)ccc2oc(C(=O)Nc3ccc(Cl)cn3)c(NC(=O)C3CCC(N4CCCC4=O)CC3)c12. The number of likely N-dealkylation sites (tertiary alicyclic amines) is 1. The summed E-state index contributed by atoms with van der Waals surface area (Å²) < 4.78 is 11.5. The standard InChI is InChI=1S/C30H34ClN5O6/c1-30(2,3)42-29(40)23-19(32)11-12-20-24(23)25(26(41-20)28(39)34-21-13-8-17(31)15-33-21)35-27(38)16-6-9-18(10-7-16)36-14-4-5-22(36)37/h8,11-13,15-16,18H,4-7,9-10,14,32H2,1-3H3,(H,35,38)(H,33,34,39). The number of fused-ring (bicyclic) bond motifs is 1. The third-order valence-electron chi connectivity index (χ3n) is 7.53. The number of nitrogens with one attached hydrogen (secondary N) is 2. The minimum atomic E-state index is -0.825. The Morgan fingerprint density at radius 1 is 1.10 bits per heavy atom. The molecule has 2 aromatic heterocycles. The topological polar surface area (TPSA) is 157 Å². The molecule has 3 amide bonds. The van der Waals surface area contributed by atoms with Gasteiger partial charge in [-0.05, 0) is 77.1 Å². The molecule has 2 fully saturated rings. The van der Waals surface area contributed by atoms with Gasteiger partial charge in [0.1, 0.15) is 22.7 Å². The van der Waals surface area contributed by atoms with Crippen LogP contribution in [-0.4, -0.2) is 51.8 Å². The van der Waals surface area contributed by atoms with Crippen molar-refractivity contribution in [3.63, 3.8) is 0 Å². The van der Waals surface area contributed by atoms with Gasteiger partial charge in [-0.1, -0.05) is 11.6 Å². The number of carbonyl (C=O) groups is 4. The van der Waals surface area contributed by atoms with E-state index in [1.165, 1.54) is 24.4 Å². The molecule has 0 radical (unpaired) electrons. The molecular formula is C30H34ClN5O6. The number of rotatable bonds is 6. The number of aromatic nitrogens is 1. The smallest absolute Gasteiger partial charge is 0.341 e. The minimum absolute atomic E-state index is 0.0126. The number of pyridine rings is 1. The third kappa shape index (κ3) is 6.20. The summed E-state index contributed by atoms with van der Waals surface area (Å²) in [6.45, 7) is 5.94. The Morgan fingerprint density at radius 3 is 2.45 bits per heavy atom. The Balaban J connectivity index is 1.48. The van der Waals surface area contributed by atoms with Gasteiger partial charge in [0.15, 0.2) is 0 Å². The second kappa shape index (κ2) is 11.6. The average Bonchev–Trinajstić information content (AvgIpc) is 3.52. The fraction of sp³-hybridized carbons (Fsp3) is 0.433. The lowest BCUT2D eigenvalue weighted by atomic mass is 9.84. The third-order valence-corrected chi connectivity index (χ3v) is 7.76. The number of nitrogens with two attached hydrogens (primary N) is 1. The van der Waals surface area contributed by atoms with Crippen molar-refractivity contribution in [2.75, 3.05) is 22.9 Å². The highest BCUT2D eigenvalue weighted by atomic mass is 35.5. The summed E-state index contributed by atoms with van der Waals surface area (Å²) in [6.07, 6.45) is 5.40. The zero-order chi connectivity index (χ0) is 30.2. The molecule has 1 saturated carbocycles. The first kappa shape index (κ1) is 29.4. The maximum absolute atomic E-state index is 13.6. The first-order valence-corrected chi connectivity index (χ1v) is 14.4. The molecule has 1 aliphatic carbocycles. The summed E-state index contributed by atoms with van der Waals surface area (Å²) in [5, 5.41) is 6.09. The molecular weight excluding hydrogens is 562 g/mol. The first-order valence-electron chi connectivity index (χ1n) is 14.0. The number of carbonyl (C=O) groups excluding carboxylic acids is 4. The summed E-state index contributed by atoms with van der Waals surface area (Å²) >= 11 is 5.92. The van der Waals surface area contributed by atoms with Crippen LogP contribution in [0.15, 0.2) is 34.9 Å². The van der Waals surface area contributed by atoms with Crippen LogP contribution in [0.2, 0.25) is 5.02 Å². The van der Waals surface area contributed by atoms with Crippen LogP contribution in [0.4, 0.5) is 17.2 Å². The maximum atomic E-state index is 13.6. The van der Waals surface area contributed by atoms with Gasteiger partial charge in [-0.15, -0.1) is 0 Å². The zero-order valence-electron chi connectivity index (χ0n) is 23.8. The van der Waals surface area contributed by atoms with Gasteiger partial charge in [-0.2, -0.15) is 0 Å². The average molecular weight is 596 g/mol. The molecule has 0 spiro atoms. The summed E-state index contributed by atoms with van der Waals surface area (Å²) in [5.41, 5.74) is 5.71. The summed E-state index contributed by atoms with van der Waals surface area (Å²) in [4.78, 5) is 58.6. The molecule has 1 aliphatic heterocycles. The number of hydrogen-bond acceptors (Lipinski definition) is 8. The van der Waals surface area contributed by atoms with Gasteiger partial charge in [0.2, 0.25) is 17.6 Å². The number of furan rings is 1. The predicted octanol–water partition coefficient (Wildman–Crippen LogP) is 5.39. The molecule has 3 aromatic rings. The molecule has 0 bridgehead atoms. The van der Waals surface area contributed by atoms with Crippen molar-refractivity contribution >= 4 is 63.5 Å². The fourth-order valence-electron chi connectivity index (χ4n) is 5.59. The molecule has 1 aromatic carbocycles. The van der Waals surface area contributed by atoms with Crippen molar-refractivity contribution in [1.82, 2.24) is 9.88 Å². The van der Waals surface area contributed by atoms with Crippen molar-refractivity contribution in [2.24, 2.45) is 5.92 Å². The van der Waals surface area contributed by atoms with Crippen LogP contribution in [0.1, 0.15) is 80.2 Å². The normalized spacial score (nSPS) is 19.1. The van der Waals surface area contributed by atoms with Crippen LogP contribution in [0, 0.1) is 5.92 Å². The van der Waals surface area contributed by atoms with Crippen LogP contribution >= 0.6 is 11.6 Å². The van der Waals surface area contributed by atoms with Crippen molar-refractivity contribution in [3.8, 4) is 0 Å². The Morgan fingerprint density at radius 2 is 1.83 bits per heavy atom. The molecule has 11 nitrogen and oxygen atoms in total. The molecule has 222 valence electrons. The molecule has 0 unspecified atom stereocenters. The number of halogens is 1. The van der Waals surface area contributed by atoms with E-state index in [1.807, 2.05) is 4.90 Å². The van der Waals surface area contributed by atoms with Gasteiger partial charge in [0, 0.05) is 36.8 Å². The van der Waals surface area contributed by atoms with E-state index in [0.29, 0.717) is 37.1 Å². The molecule has 42 heavy (non-hydrogen) atoms. The van der Waals surface area contributed by atoms with Gasteiger partial charge in [-0.25, -0.2) is 9.78 Å². The lowest BCUT2D eigenvalue weighted by molar-refractivity contribution is -0.130.